The fraction of sp³-hybridized carbons (Fsp3) is 0.900. The molecular formula is C10H20BNO4. The maximum Gasteiger partial charge on any atom is 0.321 e. The number of carbonyl (C=O) groups is 1. The van der Waals surface area contributed by atoms with Gasteiger partial charge in [0.1, 0.15) is 6.04 Å². The molecule has 1 aliphatic rings. The first-order valence-corrected chi connectivity index (χ1v) is 5.73. The van der Waals surface area contributed by atoms with Crippen LogP contribution in [-0.4, -0.2) is 48.8 Å². The third-order valence-corrected chi connectivity index (χ3v) is 3.17. The van der Waals surface area contributed by atoms with E-state index in [1.807, 2.05) is 0 Å². The van der Waals surface area contributed by atoms with E-state index in [9.17, 15) is 4.79 Å². The molecule has 0 bridgehead atoms. The Labute approximate surface area is 96.3 Å². The van der Waals surface area contributed by atoms with Crippen molar-refractivity contribution in [1.82, 2.24) is 5.32 Å². The molecule has 92 valence electrons. The molecule has 0 amide bonds. The Morgan fingerprint density at radius 2 is 2.31 bits per heavy atom. The average molecular weight is 229 g/mol. The van der Waals surface area contributed by atoms with Gasteiger partial charge in [0.2, 0.25) is 0 Å². The molecule has 3 N–H and O–H groups in total. The summed E-state index contributed by atoms with van der Waals surface area (Å²) in [5.74, 6) is -0.817. The maximum atomic E-state index is 11.0. The molecule has 3 atom stereocenters. The number of rotatable bonds is 6. The molecule has 0 radical (unpaired) electrons. The highest BCUT2D eigenvalue weighted by atomic mass is 16.5. The molecule has 3 unspecified atom stereocenters. The molecule has 0 aromatic heterocycles. The number of aliphatic carboxylic acids is 1. The molecule has 0 spiro atoms. The van der Waals surface area contributed by atoms with Crippen molar-refractivity contribution in [2.75, 3.05) is 13.7 Å². The molecule has 0 aliphatic carbocycles. The van der Waals surface area contributed by atoms with Crippen LogP contribution >= 0.6 is 0 Å². The van der Waals surface area contributed by atoms with Gasteiger partial charge in [0.25, 0.3) is 6.92 Å². The summed E-state index contributed by atoms with van der Waals surface area (Å²) in [4.78, 5) is 11.0. The number of hydrogen-bond donors (Lipinski definition) is 3. The minimum atomic E-state index is -0.818. The van der Waals surface area contributed by atoms with Crippen LogP contribution in [0.25, 0.3) is 0 Å². The minimum Gasteiger partial charge on any atom is -0.480 e. The Morgan fingerprint density at radius 1 is 1.62 bits per heavy atom. The van der Waals surface area contributed by atoms with E-state index in [1.54, 1.807) is 13.9 Å². The average Bonchev–Trinajstić information content (AvgIpc) is 2.60. The van der Waals surface area contributed by atoms with Gasteiger partial charge in [0.15, 0.2) is 0 Å². The number of carboxylic acids is 1. The quantitative estimate of drug-likeness (QED) is 0.561. The summed E-state index contributed by atoms with van der Waals surface area (Å²) < 4.78 is 5.27. The molecule has 1 fully saturated rings. The van der Waals surface area contributed by atoms with E-state index < -0.39 is 12.0 Å². The number of carboxylic acid groups (broad SMARTS) is 1. The zero-order valence-electron chi connectivity index (χ0n) is 9.85. The smallest absolute Gasteiger partial charge is 0.321 e. The Morgan fingerprint density at radius 3 is 2.81 bits per heavy atom. The third kappa shape index (κ3) is 3.47. The number of ether oxygens (including phenoxy) is 1. The second-order valence-corrected chi connectivity index (χ2v) is 4.44. The van der Waals surface area contributed by atoms with Gasteiger partial charge in [-0.05, 0) is 12.7 Å². The number of nitrogens with one attached hydrogen (secondary N) is 1. The zero-order valence-corrected chi connectivity index (χ0v) is 9.85. The molecule has 0 aromatic carbocycles. The molecule has 0 saturated carbocycles. The topological polar surface area (TPSA) is 78.8 Å². The predicted molar refractivity (Wildman–Crippen MR) is 61.6 cm³/mol. The van der Waals surface area contributed by atoms with Gasteiger partial charge in [-0.1, -0.05) is 13.2 Å². The lowest BCUT2D eigenvalue weighted by atomic mass is 9.66. The van der Waals surface area contributed by atoms with Crippen LogP contribution in [0.1, 0.15) is 12.8 Å². The van der Waals surface area contributed by atoms with Crippen LogP contribution in [-0.2, 0) is 9.53 Å². The van der Waals surface area contributed by atoms with Gasteiger partial charge in [0, 0.05) is 19.6 Å². The first-order valence-electron chi connectivity index (χ1n) is 5.73. The number of methoxy groups -OCH3 is 1. The summed E-state index contributed by atoms with van der Waals surface area (Å²) >= 11 is 0. The lowest BCUT2D eigenvalue weighted by Crippen LogP contribution is -2.36. The summed E-state index contributed by atoms with van der Waals surface area (Å²) in [5, 5.41) is 21.2. The molecule has 6 heteroatoms. The van der Waals surface area contributed by atoms with Crippen molar-refractivity contribution >= 4 is 12.9 Å². The highest BCUT2D eigenvalue weighted by Gasteiger charge is 2.39. The van der Waals surface area contributed by atoms with Crippen LogP contribution in [0.2, 0.25) is 13.1 Å². The van der Waals surface area contributed by atoms with Crippen molar-refractivity contribution in [1.29, 1.82) is 0 Å². The van der Waals surface area contributed by atoms with Crippen LogP contribution in [0.4, 0.5) is 0 Å². The molecule has 5 nitrogen and oxygen atoms in total. The van der Waals surface area contributed by atoms with Crippen molar-refractivity contribution in [3.63, 3.8) is 0 Å². The molecule has 1 rings (SSSR count). The van der Waals surface area contributed by atoms with Gasteiger partial charge in [-0.15, -0.1) is 0 Å². The van der Waals surface area contributed by atoms with Crippen molar-refractivity contribution in [2.45, 2.75) is 38.1 Å². The fourth-order valence-corrected chi connectivity index (χ4v) is 2.29. The summed E-state index contributed by atoms with van der Waals surface area (Å²) in [7, 11) is 1.61. The fourth-order valence-electron chi connectivity index (χ4n) is 2.29. The molecule has 1 heterocycles. The predicted octanol–water partition coefficient (Wildman–Crippen LogP) is 0.0678. The highest BCUT2D eigenvalue weighted by molar-refractivity contribution is 6.48. The van der Waals surface area contributed by atoms with Crippen LogP contribution in [0.3, 0.4) is 0 Å². The van der Waals surface area contributed by atoms with E-state index >= 15 is 0 Å². The van der Waals surface area contributed by atoms with Crippen LogP contribution in [0.5, 0.6) is 0 Å². The second-order valence-electron chi connectivity index (χ2n) is 4.44. The Kier molecular flexibility index (Phi) is 5.24. The SMILES string of the molecule is COC1CNC(C(=O)O)C1CCCB(C)O. The first-order chi connectivity index (χ1) is 7.56. The number of hydrogen-bond acceptors (Lipinski definition) is 4. The third-order valence-electron chi connectivity index (χ3n) is 3.17. The normalized spacial score (nSPS) is 29.3. The summed E-state index contributed by atoms with van der Waals surface area (Å²) in [5.41, 5.74) is 0. The van der Waals surface area contributed by atoms with Gasteiger partial charge in [0.05, 0.1) is 6.10 Å². The van der Waals surface area contributed by atoms with E-state index in [0.29, 0.717) is 12.9 Å². The molecule has 1 aliphatic heterocycles. The van der Waals surface area contributed by atoms with E-state index in [-0.39, 0.29) is 18.9 Å². The van der Waals surface area contributed by atoms with Crippen LogP contribution < -0.4 is 5.32 Å². The zero-order chi connectivity index (χ0) is 12.1. The molecular weight excluding hydrogens is 209 g/mol. The standard InChI is InChI=1S/C10H20BNO4/c1-11(15)5-3-4-7-8(16-2)6-12-9(7)10(13)14/h7-9,12,15H,3-6H2,1-2H3,(H,13,14). The monoisotopic (exact) mass is 229 g/mol. The second kappa shape index (κ2) is 6.22. The van der Waals surface area contributed by atoms with E-state index in [2.05, 4.69) is 5.32 Å². The van der Waals surface area contributed by atoms with Crippen molar-refractivity contribution < 1.29 is 19.7 Å². The molecule has 16 heavy (non-hydrogen) atoms. The van der Waals surface area contributed by atoms with E-state index in [0.717, 1.165) is 12.8 Å². The van der Waals surface area contributed by atoms with Gasteiger partial charge in [-0.2, -0.15) is 0 Å². The summed E-state index contributed by atoms with van der Waals surface area (Å²) in [6.45, 7) is 2.01. The van der Waals surface area contributed by atoms with Crippen molar-refractivity contribution in [3.8, 4) is 0 Å². The first kappa shape index (κ1) is 13.5. The lowest BCUT2D eigenvalue weighted by Gasteiger charge is -2.20. The minimum absolute atomic E-state index is 0.00116. The summed E-state index contributed by atoms with van der Waals surface area (Å²) in [6.07, 6.45) is 2.27. The van der Waals surface area contributed by atoms with Crippen molar-refractivity contribution in [3.05, 3.63) is 0 Å². The van der Waals surface area contributed by atoms with Crippen LogP contribution in [0.15, 0.2) is 0 Å². The van der Waals surface area contributed by atoms with Gasteiger partial charge >= 0.3 is 5.97 Å². The van der Waals surface area contributed by atoms with Gasteiger partial charge in [-0.3, -0.25) is 4.79 Å². The Bertz CT molecular complexity index is 237. The highest BCUT2D eigenvalue weighted by Crippen LogP contribution is 2.25. The van der Waals surface area contributed by atoms with E-state index in [1.165, 1.54) is 0 Å². The largest absolute Gasteiger partial charge is 0.480 e. The van der Waals surface area contributed by atoms with Crippen LogP contribution in [0, 0.1) is 5.92 Å². The van der Waals surface area contributed by atoms with Gasteiger partial charge in [-0.25, -0.2) is 0 Å². The molecule has 0 aromatic rings. The lowest BCUT2D eigenvalue weighted by molar-refractivity contribution is -0.140. The maximum absolute atomic E-state index is 11.0. The van der Waals surface area contributed by atoms with Gasteiger partial charge < -0.3 is 20.2 Å². The Hall–Kier alpha value is -0.585. The molecule has 1 saturated heterocycles. The van der Waals surface area contributed by atoms with Crippen molar-refractivity contribution in [2.24, 2.45) is 5.92 Å². The van der Waals surface area contributed by atoms with E-state index in [4.69, 9.17) is 14.9 Å². The summed E-state index contributed by atoms with van der Waals surface area (Å²) in [6, 6.07) is -0.515. The Balaban J connectivity index is 2.46.